The lowest BCUT2D eigenvalue weighted by Gasteiger charge is -2.29. The Morgan fingerprint density at radius 3 is 2.41 bits per heavy atom. The van der Waals surface area contributed by atoms with Crippen LogP contribution in [0.25, 0.3) is 6.08 Å². The van der Waals surface area contributed by atoms with Crippen molar-refractivity contribution in [3.05, 3.63) is 75.6 Å². The van der Waals surface area contributed by atoms with Crippen molar-refractivity contribution in [1.82, 2.24) is 10.2 Å². The summed E-state index contributed by atoms with van der Waals surface area (Å²) >= 11 is 0. The van der Waals surface area contributed by atoms with E-state index >= 15 is 0 Å². The molecule has 1 aromatic carbocycles. The normalized spacial score (nSPS) is 17.3. The Labute approximate surface area is 171 Å². The van der Waals surface area contributed by atoms with E-state index in [2.05, 4.69) is 10.3 Å². The van der Waals surface area contributed by atoms with E-state index in [1.807, 2.05) is 55.5 Å². The summed E-state index contributed by atoms with van der Waals surface area (Å²) in [7, 11) is 0. The molecule has 7 nitrogen and oxygen atoms in total. The molecule has 1 fully saturated rings. The van der Waals surface area contributed by atoms with E-state index in [9.17, 15) is 14.9 Å². The number of carbonyl (C=O) groups excluding carboxylic acids is 1. The fraction of sp³-hybridized carbons (Fsp3) is 0.364. The number of hydrogen-bond acceptors (Lipinski definition) is 4. The van der Waals surface area contributed by atoms with Crippen LogP contribution in [-0.2, 0) is 10.3 Å². The lowest BCUT2D eigenvalue weighted by molar-refractivity contribution is -0.429. The molecular formula is C22H28N4O3. The highest BCUT2D eigenvalue weighted by Gasteiger charge is 2.39. The van der Waals surface area contributed by atoms with Gasteiger partial charge in [0.05, 0.1) is 0 Å². The van der Waals surface area contributed by atoms with Gasteiger partial charge in [-0.3, -0.25) is 4.79 Å². The first-order valence-corrected chi connectivity index (χ1v) is 9.72. The van der Waals surface area contributed by atoms with Crippen LogP contribution >= 0.6 is 0 Å². The minimum absolute atomic E-state index is 0.103. The first kappa shape index (κ1) is 22.1. The van der Waals surface area contributed by atoms with Crippen LogP contribution in [0.5, 0.6) is 0 Å². The molecule has 1 heterocycles. The predicted molar refractivity (Wildman–Crippen MR) is 116 cm³/mol. The zero-order chi connectivity index (χ0) is 21.3. The van der Waals surface area contributed by atoms with Crippen LogP contribution in [0.4, 0.5) is 0 Å². The van der Waals surface area contributed by atoms with E-state index in [-0.39, 0.29) is 11.7 Å². The topological polar surface area (TPSA) is 87.8 Å². The van der Waals surface area contributed by atoms with Gasteiger partial charge in [-0.2, -0.15) is 0 Å². The Morgan fingerprint density at radius 1 is 1.21 bits per heavy atom. The molecule has 1 N–H and O–H groups in total. The number of allylic oxidation sites excluding steroid dienone is 4. The van der Waals surface area contributed by atoms with Gasteiger partial charge < -0.3 is 15.0 Å². The van der Waals surface area contributed by atoms with Crippen LogP contribution in [0.2, 0.25) is 0 Å². The minimum Gasteiger partial charge on any atom is -0.358 e. The Bertz CT molecular complexity index is 834. The van der Waals surface area contributed by atoms with Gasteiger partial charge in [-0.05, 0) is 49.7 Å². The summed E-state index contributed by atoms with van der Waals surface area (Å²) in [6, 6.07) is 7.62. The van der Waals surface area contributed by atoms with Crippen LogP contribution < -0.4 is 5.32 Å². The molecule has 0 spiro atoms. The highest BCUT2D eigenvalue weighted by molar-refractivity contribution is 5.89. The summed E-state index contributed by atoms with van der Waals surface area (Å²) in [5.41, 5.74) is 0.575. The summed E-state index contributed by atoms with van der Waals surface area (Å²) in [6.45, 7) is 6.67. The average molecular weight is 396 g/mol. The average Bonchev–Trinajstić information content (AvgIpc) is 3.25. The molecule has 1 atom stereocenters. The third-order valence-electron chi connectivity index (χ3n) is 4.88. The Balaban J connectivity index is 2.33. The number of rotatable bonds is 8. The molecular weight excluding hydrogens is 368 g/mol. The van der Waals surface area contributed by atoms with Crippen LogP contribution in [0.3, 0.4) is 0 Å². The zero-order valence-corrected chi connectivity index (χ0v) is 17.2. The number of hydrogen-bond donors (Lipinski definition) is 1. The van der Waals surface area contributed by atoms with Crippen molar-refractivity contribution in [2.24, 2.45) is 4.99 Å². The molecule has 154 valence electrons. The number of nitrogens with zero attached hydrogens (tertiary/aromatic N) is 3. The largest absolute Gasteiger partial charge is 0.358 e. The molecule has 1 aromatic rings. The molecule has 1 aliphatic rings. The van der Waals surface area contributed by atoms with Gasteiger partial charge in [0.1, 0.15) is 0 Å². The third kappa shape index (κ3) is 5.63. The number of carbonyl (C=O) groups is 1. The van der Waals surface area contributed by atoms with Gasteiger partial charge in [-0.25, -0.2) is 10.3 Å². The summed E-state index contributed by atoms with van der Waals surface area (Å²) in [5.74, 6) is -0.289. The monoisotopic (exact) mass is 396 g/mol. The second-order valence-electron chi connectivity index (χ2n) is 6.91. The van der Waals surface area contributed by atoms with Crippen LogP contribution in [0.15, 0.2) is 59.4 Å². The van der Waals surface area contributed by atoms with Gasteiger partial charge in [0.15, 0.2) is 11.9 Å². The Hall–Kier alpha value is -3.22. The number of amides is 1. The molecule has 1 unspecified atom stereocenters. The number of nitrogens with one attached hydrogen (secondary N) is 1. The van der Waals surface area contributed by atoms with Gasteiger partial charge >= 0.3 is 5.82 Å². The molecule has 0 radical (unpaired) electrons. The summed E-state index contributed by atoms with van der Waals surface area (Å²) in [6.07, 6.45) is 12.3. The van der Waals surface area contributed by atoms with Crippen molar-refractivity contribution in [1.29, 1.82) is 0 Å². The number of aliphatic imine (C=N–C) groups is 1. The quantitative estimate of drug-likeness (QED) is 0.238. The van der Waals surface area contributed by atoms with Crippen molar-refractivity contribution < 1.29 is 9.72 Å². The molecule has 1 saturated heterocycles. The highest BCUT2D eigenvalue weighted by atomic mass is 16.6. The van der Waals surface area contributed by atoms with Gasteiger partial charge in [0, 0.05) is 19.2 Å². The predicted octanol–water partition coefficient (Wildman–Crippen LogP) is 3.87. The van der Waals surface area contributed by atoms with E-state index in [0.29, 0.717) is 13.1 Å². The van der Waals surface area contributed by atoms with Crippen molar-refractivity contribution >= 4 is 18.3 Å². The number of likely N-dealkylation sites (tertiary alicyclic amines) is 1. The lowest BCUT2D eigenvalue weighted by atomic mass is 9.90. The molecule has 0 aromatic heterocycles. The summed E-state index contributed by atoms with van der Waals surface area (Å²) < 4.78 is 0. The number of benzene rings is 1. The molecule has 1 amide bonds. The maximum absolute atomic E-state index is 13.3. The number of nitro groups is 1. The van der Waals surface area contributed by atoms with Crippen molar-refractivity contribution in [2.45, 2.75) is 39.2 Å². The Morgan fingerprint density at radius 2 is 1.86 bits per heavy atom. The molecule has 2 rings (SSSR count). The Kier molecular flexibility index (Phi) is 7.88. The van der Waals surface area contributed by atoms with E-state index in [4.69, 9.17) is 0 Å². The van der Waals surface area contributed by atoms with Crippen molar-refractivity contribution in [2.75, 3.05) is 13.1 Å². The second kappa shape index (κ2) is 10.4. The SMILES string of the molecule is C/C=C\C=C/c1ccc(C(C)(N=CN/C(=C\C)[N+](=O)[O-])C(=O)N2CCCC2)cc1. The van der Waals surface area contributed by atoms with Crippen LogP contribution in [0.1, 0.15) is 44.7 Å². The molecule has 7 heteroatoms. The molecule has 29 heavy (non-hydrogen) atoms. The van der Waals surface area contributed by atoms with Gasteiger partial charge in [0.2, 0.25) is 0 Å². The third-order valence-corrected chi connectivity index (χ3v) is 4.88. The van der Waals surface area contributed by atoms with E-state index < -0.39 is 10.5 Å². The van der Waals surface area contributed by atoms with Gasteiger partial charge in [0.25, 0.3) is 5.91 Å². The van der Waals surface area contributed by atoms with E-state index in [1.54, 1.807) is 18.7 Å². The van der Waals surface area contributed by atoms with Gasteiger partial charge in [-0.15, -0.1) is 0 Å². The maximum atomic E-state index is 13.3. The summed E-state index contributed by atoms with van der Waals surface area (Å²) in [5, 5.41) is 13.5. The molecule has 0 saturated carbocycles. The van der Waals surface area contributed by atoms with Gasteiger partial charge in [-0.1, -0.05) is 48.6 Å². The van der Waals surface area contributed by atoms with Crippen LogP contribution in [-0.4, -0.2) is 35.2 Å². The molecule has 0 aliphatic carbocycles. The standard InChI is InChI=1S/C22H28N4O3/c1-4-6-7-10-18-11-13-19(14-12-18)22(3,21(27)25-15-8-9-16-25)24-17-23-20(5-2)26(28)29/h4-7,10-14,17H,8-9,15-16H2,1-3H3,(H,23,24)/b6-4-,10-7-,20-5+. The van der Waals surface area contributed by atoms with E-state index in [0.717, 1.165) is 24.0 Å². The van der Waals surface area contributed by atoms with Crippen LogP contribution in [0, 0.1) is 10.1 Å². The van der Waals surface area contributed by atoms with E-state index in [1.165, 1.54) is 12.4 Å². The molecule has 1 aliphatic heterocycles. The second-order valence-corrected chi connectivity index (χ2v) is 6.91. The highest BCUT2D eigenvalue weighted by Crippen LogP contribution is 2.30. The van der Waals surface area contributed by atoms with Crippen molar-refractivity contribution in [3.8, 4) is 0 Å². The maximum Gasteiger partial charge on any atom is 0.317 e. The molecule has 0 bridgehead atoms. The first-order valence-electron chi connectivity index (χ1n) is 9.72. The zero-order valence-electron chi connectivity index (χ0n) is 17.2. The minimum atomic E-state index is -1.17. The fourth-order valence-corrected chi connectivity index (χ4v) is 3.15. The van der Waals surface area contributed by atoms with Crippen molar-refractivity contribution in [3.63, 3.8) is 0 Å². The smallest absolute Gasteiger partial charge is 0.317 e. The first-order chi connectivity index (χ1) is 13.9. The fourth-order valence-electron chi connectivity index (χ4n) is 3.15. The summed E-state index contributed by atoms with van der Waals surface area (Å²) in [4.78, 5) is 29.9. The lowest BCUT2D eigenvalue weighted by Crippen LogP contribution is -2.43.